The number of nitrogens with one attached hydrogen (secondary N) is 2. The quantitative estimate of drug-likeness (QED) is 0.521. The minimum atomic E-state index is -0.452. The number of hydrogen-bond donors (Lipinski definition) is 2. The largest absolute Gasteiger partial charge is 0.379 e. The smallest absolute Gasteiger partial charge is 0.258 e. The number of rotatable bonds is 7. The summed E-state index contributed by atoms with van der Waals surface area (Å²) >= 11 is 0. The fourth-order valence-electron chi connectivity index (χ4n) is 3.32. The van der Waals surface area contributed by atoms with Crippen LogP contribution in [0.25, 0.3) is 0 Å². The van der Waals surface area contributed by atoms with Crippen LogP contribution in [0.3, 0.4) is 0 Å². The number of halogens is 1. The van der Waals surface area contributed by atoms with Gasteiger partial charge in [0.1, 0.15) is 5.82 Å². The minimum Gasteiger partial charge on any atom is -0.379 e. The summed E-state index contributed by atoms with van der Waals surface area (Å²) in [5.74, 6) is -0.0254. The van der Waals surface area contributed by atoms with Crippen LogP contribution in [-0.2, 0) is 4.74 Å². The van der Waals surface area contributed by atoms with Gasteiger partial charge in [0.15, 0.2) is 0 Å². The maximum Gasteiger partial charge on any atom is 0.258 e. The molecule has 7 heteroatoms. The highest BCUT2D eigenvalue weighted by Crippen LogP contribution is 2.20. The Hall–Kier alpha value is -2.77. The van der Waals surface area contributed by atoms with Crippen molar-refractivity contribution in [2.75, 3.05) is 44.7 Å². The molecule has 2 N–H and O–H groups in total. The van der Waals surface area contributed by atoms with Crippen molar-refractivity contribution >= 4 is 17.6 Å². The fourth-order valence-corrected chi connectivity index (χ4v) is 3.32. The van der Waals surface area contributed by atoms with Gasteiger partial charge in [-0.2, -0.15) is 0 Å². The number of benzene rings is 2. The summed E-state index contributed by atoms with van der Waals surface area (Å²) < 4.78 is 18.9. The highest BCUT2D eigenvalue weighted by atomic mass is 19.1. The summed E-state index contributed by atoms with van der Waals surface area (Å²) in [7, 11) is 0. The number of morpholine rings is 1. The van der Waals surface area contributed by atoms with E-state index in [2.05, 4.69) is 46.5 Å². The number of nitrogens with zero attached hydrogens (tertiary/aromatic N) is 2. The molecule has 0 aromatic heterocycles. The predicted octanol–water partition coefficient (Wildman–Crippen LogP) is 3.87. The van der Waals surface area contributed by atoms with Crippen LogP contribution in [0.2, 0.25) is 0 Å². The summed E-state index contributed by atoms with van der Waals surface area (Å²) in [5.41, 5.74) is 2.34. The Kier molecular flexibility index (Phi) is 8.55. The first kappa shape index (κ1) is 22.9. The molecule has 1 fully saturated rings. The molecule has 6 nitrogen and oxygen atoms in total. The van der Waals surface area contributed by atoms with Crippen molar-refractivity contribution in [3.63, 3.8) is 0 Å². The van der Waals surface area contributed by atoms with Gasteiger partial charge in [-0.05, 0) is 48.2 Å². The van der Waals surface area contributed by atoms with Crippen LogP contribution < -0.4 is 10.6 Å². The third kappa shape index (κ3) is 7.15. The molecule has 1 aliphatic heterocycles. The summed E-state index contributed by atoms with van der Waals surface area (Å²) in [6.07, 6.45) is 1.07. The fraction of sp³-hybridized carbons (Fsp3) is 0.417. The average Bonchev–Trinajstić information content (AvgIpc) is 2.79. The van der Waals surface area contributed by atoms with Crippen LogP contribution in [0, 0.1) is 5.82 Å². The van der Waals surface area contributed by atoms with Crippen molar-refractivity contribution in [2.24, 2.45) is 4.99 Å². The second kappa shape index (κ2) is 11.6. The topological polar surface area (TPSA) is 66.0 Å². The number of carbonyl (C=O) groups excluding carboxylic acids is 1. The highest BCUT2D eigenvalue weighted by Gasteiger charge is 2.12. The number of ether oxygens (including phenoxy) is 1. The van der Waals surface area contributed by atoms with Gasteiger partial charge in [0, 0.05) is 30.9 Å². The lowest BCUT2D eigenvalue weighted by Gasteiger charge is -2.25. The lowest BCUT2D eigenvalue weighted by molar-refractivity contribution is 0.0394. The van der Waals surface area contributed by atoms with E-state index in [4.69, 9.17) is 4.74 Å². The molecule has 0 bridgehead atoms. The monoisotopic (exact) mass is 426 g/mol. The van der Waals surface area contributed by atoms with Crippen LogP contribution >= 0.6 is 0 Å². The van der Waals surface area contributed by atoms with E-state index in [1.54, 1.807) is 6.07 Å². The molecule has 0 aliphatic carbocycles. The second-order valence-electron chi connectivity index (χ2n) is 7.71. The van der Waals surface area contributed by atoms with Gasteiger partial charge >= 0.3 is 0 Å². The molecule has 31 heavy (non-hydrogen) atoms. The molecule has 166 valence electrons. The van der Waals surface area contributed by atoms with E-state index in [1.165, 1.54) is 23.8 Å². The molecule has 3 rings (SSSR count). The van der Waals surface area contributed by atoms with Gasteiger partial charge in [0.2, 0.25) is 5.96 Å². The maximum atomic E-state index is 13.5. The molecule has 1 saturated heterocycles. The van der Waals surface area contributed by atoms with Gasteiger partial charge in [-0.1, -0.05) is 32.0 Å². The van der Waals surface area contributed by atoms with E-state index in [-0.39, 0.29) is 5.56 Å². The number of carbonyl (C=O) groups is 1. The SMILES string of the molecule is CC[C@H](C)c1ccc(NC(=NCCN2CCOCC2)NC(=O)c2cccc(F)c2)cc1. The second-order valence-corrected chi connectivity index (χ2v) is 7.71. The molecule has 0 saturated carbocycles. The standard InChI is InChI=1S/C24H31FN4O2/c1-3-18(2)19-7-9-22(10-8-19)27-24(26-11-12-29-13-15-31-16-14-29)28-23(30)20-5-4-6-21(25)17-20/h4-10,17-18H,3,11-16H2,1-2H3,(H2,26,27,28,30)/t18-/m0/s1. The predicted molar refractivity (Wildman–Crippen MR) is 122 cm³/mol. The lowest BCUT2D eigenvalue weighted by atomic mass is 9.99. The Morgan fingerprint density at radius 1 is 1.19 bits per heavy atom. The molecule has 2 aromatic rings. The van der Waals surface area contributed by atoms with Crippen LogP contribution in [0.4, 0.5) is 10.1 Å². The molecule has 0 spiro atoms. The zero-order valence-electron chi connectivity index (χ0n) is 18.2. The van der Waals surface area contributed by atoms with Gasteiger partial charge in [0.25, 0.3) is 5.91 Å². The molecule has 0 unspecified atom stereocenters. The lowest BCUT2D eigenvalue weighted by Crippen LogP contribution is -2.39. The molecule has 1 heterocycles. The average molecular weight is 427 g/mol. The molecule has 1 atom stereocenters. The zero-order chi connectivity index (χ0) is 22.1. The van der Waals surface area contributed by atoms with Gasteiger partial charge < -0.3 is 10.1 Å². The van der Waals surface area contributed by atoms with E-state index in [0.29, 0.717) is 18.4 Å². The summed E-state index contributed by atoms with van der Waals surface area (Å²) in [5, 5.41) is 5.98. The normalized spacial score (nSPS) is 16.0. The van der Waals surface area contributed by atoms with Gasteiger partial charge in [-0.15, -0.1) is 0 Å². The van der Waals surface area contributed by atoms with Crippen molar-refractivity contribution in [1.82, 2.24) is 10.2 Å². The third-order valence-electron chi connectivity index (χ3n) is 5.46. The van der Waals surface area contributed by atoms with Crippen molar-refractivity contribution in [2.45, 2.75) is 26.2 Å². The molecule has 2 aromatic carbocycles. The Balaban J connectivity index is 1.69. The molecule has 1 aliphatic rings. The number of aliphatic imine (C=N–C) groups is 1. The number of guanidine groups is 1. The van der Waals surface area contributed by atoms with Crippen molar-refractivity contribution in [3.05, 3.63) is 65.5 Å². The van der Waals surface area contributed by atoms with Gasteiger partial charge in [0.05, 0.1) is 19.8 Å². The van der Waals surface area contributed by atoms with Crippen LogP contribution in [-0.4, -0.2) is 56.2 Å². The van der Waals surface area contributed by atoms with E-state index < -0.39 is 11.7 Å². The first-order valence-electron chi connectivity index (χ1n) is 10.8. The third-order valence-corrected chi connectivity index (χ3v) is 5.46. The van der Waals surface area contributed by atoms with Crippen LogP contribution in [0.1, 0.15) is 42.1 Å². The van der Waals surface area contributed by atoms with Crippen molar-refractivity contribution in [1.29, 1.82) is 0 Å². The van der Waals surface area contributed by atoms with Crippen molar-refractivity contribution < 1.29 is 13.9 Å². The maximum absolute atomic E-state index is 13.5. The van der Waals surface area contributed by atoms with Gasteiger partial charge in [-0.3, -0.25) is 20.0 Å². The first-order chi connectivity index (χ1) is 15.0. The Bertz CT molecular complexity index is 879. The Labute approximate surface area is 183 Å². The van der Waals surface area contributed by atoms with Crippen LogP contribution in [0.15, 0.2) is 53.5 Å². The van der Waals surface area contributed by atoms with Gasteiger partial charge in [-0.25, -0.2) is 4.39 Å². The van der Waals surface area contributed by atoms with Crippen LogP contribution in [0.5, 0.6) is 0 Å². The van der Waals surface area contributed by atoms with E-state index >= 15 is 0 Å². The van der Waals surface area contributed by atoms with E-state index in [9.17, 15) is 9.18 Å². The molecular weight excluding hydrogens is 395 g/mol. The number of hydrogen-bond acceptors (Lipinski definition) is 4. The molecular formula is C24H31FN4O2. The number of amides is 1. The number of anilines is 1. The highest BCUT2D eigenvalue weighted by molar-refractivity contribution is 6.09. The van der Waals surface area contributed by atoms with E-state index in [0.717, 1.165) is 45.0 Å². The summed E-state index contributed by atoms with van der Waals surface area (Å²) in [4.78, 5) is 19.5. The first-order valence-corrected chi connectivity index (χ1v) is 10.8. The summed E-state index contributed by atoms with van der Waals surface area (Å²) in [6.45, 7) is 8.88. The molecule has 1 amide bonds. The minimum absolute atomic E-state index is 0.245. The Morgan fingerprint density at radius 3 is 2.61 bits per heavy atom. The molecule has 0 radical (unpaired) electrons. The Morgan fingerprint density at radius 2 is 1.94 bits per heavy atom. The summed E-state index contributed by atoms with van der Waals surface area (Å²) in [6, 6.07) is 13.7. The van der Waals surface area contributed by atoms with E-state index in [1.807, 2.05) is 12.1 Å². The van der Waals surface area contributed by atoms with Crippen molar-refractivity contribution in [3.8, 4) is 0 Å². The zero-order valence-corrected chi connectivity index (χ0v) is 18.2.